The highest BCUT2D eigenvalue weighted by atomic mass is 16.5. The minimum atomic E-state index is -0.274. The first-order valence-electron chi connectivity index (χ1n) is 9.12. The maximum Gasteiger partial charge on any atom is 0.338 e. The Bertz CT molecular complexity index is 960. The molecule has 1 fully saturated rings. The fourth-order valence-electron chi connectivity index (χ4n) is 3.70. The van der Waals surface area contributed by atoms with Crippen molar-refractivity contribution >= 4 is 16.9 Å². The number of aromatic amines is 1. The van der Waals surface area contributed by atoms with E-state index in [-0.39, 0.29) is 5.97 Å². The predicted octanol–water partition coefficient (Wildman–Crippen LogP) is 3.11. The van der Waals surface area contributed by atoms with Gasteiger partial charge in [0, 0.05) is 49.2 Å². The summed E-state index contributed by atoms with van der Waals surface area (Å²) < 4.78 is 5.49. The van der Waals surface area contributed by atoms with Gasteiger partial charge >= 0.3 is 5.97 Å². The van der Waals surface area contributed by atoms with Gasteiger partial charge in [-0.3, -0.25) is 0 Å². The van der Waals surface area contributed by atoms with Crippen molar-refractivity contribution in [1.82, 2.24) is 15.0 Å². The van der Waals surface area contributed by atoms with E-state index >= 15 is 0 Å². The van der Waals surface area contributed by atoms with Crippen LogP contribution >= 0.6 is 0 Å². The van der Waals surface area contributed by atoms with E-state index in [1.165, 1.54) is 11.3 Å². The van der Waals surface area contributed by atoms with Crippen LogP contribution in [0.1, 0.15) is 27.2 Å². The lowest BCUT2D eigenvalue weighted by molar-refractivity contribution is 0.0473. The SMILES string of the molecule is O=C(OCc1ccccc1)c1ccc2[nH]c3c(c2c1)CN(N1CC1)CC3. The van der Waals surface area contributed by atoms with Crippen molar-refractivity contribution in [2.75, 3.05) is 19.6 Å². The number of nitrogens with zero attached hydrogens (tertiary/aromatic N) is 2. The van der Waals surface area contributed by atoms with Gasteiger partial charge in [0.15, 0.2) is 0 Å². The van der Waals surface area contributed by atoms with Gasteiger partial charge in [-0.1, -0.05) is 30.3 Å². The summed E-state index contributed by atoms with van der Waals surface area (Å²) in [6.45, 7) is 4.60. The van der Waals surface area contributed by atoms with E-state index < -0.39 is 0 Å². The Morgan fingerprint density at radius 2 is 1.88 bits per heavy atom. The molecule has 0 amide bonds. The molecule has 132 valence electrons. The number of aromatic nitrogens is 1. The number of rotatable bonds is 4. The Balaban J connectivity index is 1.38. The lowest BCUT2D eigenvalue weighted by Crippen LogP contribution is -2.34. The van der Waals surface area contributed by atoms with E-state index in [4.69, 9.17) is 4.74 Å². The zero-order valence-electron chi connectivity index (χ0n) is 14.6. The van der Waals surface area contributed by atoms with E-state index in [9.17, 15) is 4.79 Å². The average molecular weight is 347 g/mol. The van der Waals surface area contributed by atoms with Crippen LogP contribution in [0.25, 0.3) is 10.9 Å². The lowest BCUT2D eigenvalue weighted by atomic mass is 10.0. The first-order valence-corrected chi connectivity index (χ1v) is 9.12. The Hall–Kier alpha value is -2.63. The molecule has 0 spiro atoms. The number of hydrogen-bond donors (Lipinski definition) is 1. The van der Waals surface area contributed by atoms with Crippen molar-refractivity contribution in [3.63, 3.8) is 0 Å². The number of ether oxygens (including phenoxy) is 1. The largest absolute Gasteiger partial charge is 0.457 e. The molecule has 1 N–H and O–H groups in total. The molecule has 0 bridgehead atoms. The van der Waals surface area contributed by atoms with Crippen molar-refractivity contribution in [2.24, 2.45) is 0 Å². The molecule has 2 aromatic carbocycles. The minimum absolute atomic E-state index is 0.274. The molecule has 0 unspecified atom stereocenters. The zero-order valence-corrected chi connectivity index (χ0v) is 14.6. The van der Waals surface area contributed by atoms with Crippen molar-refractivity contribution in [3.05, 3.63) is 70.9 Å². The molecule has 3 aromatic rings. The van der Waals surface area contributed by atoms with Gasteiger partial charge in [0.2, 0.25) is 0 Å². The normalized spacial score (nSPS) is 17.2. The molecule has 0 radical (unpaired) electrons. The summed E-state index contributed by atoms with van der Waals surface area (Å²) in [7, 11) is 0. The van der Waals surface area contributed by atoms with Crippen molar-refractivity contribution in [1.29, 1.82) is 0 Å². The summed E-state index contributed by atoms with van der Waals surface area (Å²) in [5.74, 6) is -0.274. The van der Waals surface area contributed by atoms with Crippen LogP contribution in [0.15, 0.2) is 48.5 Å². The standard InChI is InChI=1S/C21H21N3O2/c25-21(26-14-15-4-2-1-3-5-15)16-6-7-19-17(12-16)18-13-24(23-10-11-23)9-8-20(18)22-19/h1-7,12,22H,8-11,13-14H2. The number of carbonyl (C=O) groups is 1. The first kappa shape index (κ1) is 15.6. The molecule has 5 heteroatoms. The highest BCUT2D eigenvalue weighted by molar-refractivity contribution is 5.96. The second-order valence-corrected chi connectivity index (χ2v) is 7.00. The van der Waals surface area contributed by atoms with Crippen LogP contribution in [0.2, 0.25) is 0 Å². The molecule has 1 aromatic heterocycles. The number of benzene rings is 2. The maximum absolute atomic E-state index is 12.5. The molecule has 2 aliphatic rings. The predicted molar refractivity (Wildman–Crippen MR) is 99.5 cm³/mol. The highest BCUT2D eigenvalue weighted by Gasteiger charge is 2.30. The zero-order chi connectivity index (χ0) is 17.5. The molecule has 5 nitrogen and oxygen atoms in total. The molecule has 3 heterocycles. The molecule has 2 aliphatic heterocycles. The fraction of sp³-hybridized carbons (Fsp3) is 0.286. The van der Waals surface area contributed by atoms with Crippen molar-refractivity contribution in [3.8, 4) is 0 Å². The Morgan fingerprint density at radius 3 is 2.69 bits per heavy atom. The van der Waals surface area contributed by atoms with Crippen LogP contribution in [-0.2, 0) is 24.3 Å². The number of nitrogens with one attached hydrogen (secondary N) is 1. The Labute approximate surface area is 152 Å². The van der Waals surface area contributed by atoms with E-state index in [2.05, 4.69) is 15.0 Å². The van der Waals surface area contributed by atoms with Crippen molar-refractivity contribution < 1.29 is 9.53 Å². The van der Waals surface area contributed by atoms with Crippen LogP contribution in [0.5, 0.6) is 0 Å². The fourth-order valence-corrected chi connectivity index (χ4v) is 3.70. The van der Waals surface area contributed by atoms with Gasteiger partial charge in [-0.15, -0.1) is 0 Å². The summed E-state index contributed by atoms with van der Waals surface area (Å²) in [6.07, 6.45) is 1.02. The van der Waals surface area contributed by atoms with E-state index in [0.29, 0.717) is 12.2 Å². The average Bonchev–Trinajstić information content (AvgIpc) is 3.47. The van der Waals surface area contributed by atoms with Gasteiger partial charge in [0.1, 0.15) is 6.61 Å². The van der Waals surface area contributed by atoms with Gasteiger partial charge in [0.05, 0.1) is 5.56 Å². The molecular formula is C21H21N3O2. The third kappa shape index (κ3) is 2.89. The quantitative estimate of drug-likeness (QED) is 0.582. The Morgan fingerprint density at radius 1 is 1.04 bits per heavy atom. The van der Waals surface area contributed by atoms with Gasteiger partial charge in [-0.25, -0.2) is 14.8 Å². The first-order chi connectivity index (χ1) is 12.8. The third-order valence-electron chi connectivity index (χ3n) is 5.23. The Kier molecular flexibility index (Phi) is 3.76. The molecule has 26 heavy (non-hydrogen) atoms. The minimum Gasteiger partial charge on any atom is -0.457 e. The summed E-state index contributed by atoms with van der Waals surface area (Å²) in [5.41, 5.74) is 5.32. The summed E-state index contributed by atoms with van der Waals surface area (Å²) in [6, 6.07) is 15.6. The van der Waals surface area contributed by atoms with Gasteiger partial charge in [0.25, 0.3) is 0 Å². The summed E-state index contributed by atoms with van der Waals surface area (Å²) in [5, 5.41) is 5.93. The number of hydrazine groups is 1. The monoisotopic (exact) mass is 347 g/mol. The van der Waals surface area contributed by atoms with E-state index in [1.54, 1.807) is 0 Å². The second kappa shape index (κ2) is 6.27. The van der Waals surface area contributed by atoms with Crippen LogP contribution in [-0.4, -0.2) is 40.6 Å². The van der Waals surface area contributed by atoms with Gasteiger partial charge in [-0.05, 0) is 29.3 Å². The third-order valence-corrected chi connectivity index (χ3v) is 5.23. The molecule has 0 atom stereocenters. The second-order valence-electron chi connectivity index (χ2n) is 7.00. The van der Waals surface area contributed by atoms with Crippen LogP contribution < -0.4 is 0 Å². The molecular weight excluding hydrogens is 326 g/mol. The summed E-state index contributed by atoms with van der Waals surface area (Å²) in [4.78, 5) is 16.0. The molecule has 1 saturated heterocycles. The number of carbonyl (C=O) groups excluding carboxylic acids is 1. The van der Waals surface area contributed by atoms with Crippen LogP contribution in [0, 0.1) is 0 Å². The van der Waals surface area contributed by atoms with Crippen molar-refractivity contribution in [2.45, 2.75) is 19.6 Å². The lowest BCUT2D eigenvalue weighted by Gasteiger charge is -2.27. The number of H-pyrrole nitrogens is 1. The number of fused-ring (bicyclic) bond motifs is 3. The molecule has 0 saturated carbocycles. The maximum atomic E-state index is 12.5. The van der Waals surface area contributed by atoms with Gasteiger partial charge in [-0.2, -0.15) is 0 Å². The topological polar surface area (TPSA) is 48.3 Å². The van der Waals surface area contributed by atoms with E-state index in [0.717, 1.165) is 49.1 Å². The number of hydrogen-bond acceptors (Lipinski definition) is 4. The molecule has 0 aliphatic carbocycles. The van der Waals surface area contributed by atoms with E-state index in [1.807, 2.05) is 48.5 Å². The smallest absolute Gasteiger partial charge is 0.338 e. The van der Waals surface area contributed by atoms with Crippen LogP contribution in [0.3, 0.4) is 0 Å². The molecule has 5 rings (SSSR count). The summed E-state index contributed by atoms with van der Waals surface area (Å²) >= 11 is 0. The van der Waals surface area contributed by atoms with Crippen LogP contribution in [0.4, 0.5) is 0 Å². The van der Waals surface area contributed by atoms with Gasteiger partial charge < -0.3 is 9.72 Å². The number of esters is 1. The highest BCUT2D eigenvalue weighted by Crippen LogP contribution is 2.30.